The van der Waals surface area contributed by atoms with E-state index in [4.69, 9.17) is 5.11 Å². The van der Waals surface area contributed by atoms with Gasteiger partial charge in [-0.15, -0.1) is 0 Å². The number of aliphatic carboxylic acids is 2. The molecule has 0 saturated heterocycles. The Morgan fingerprint density at radius 3 is 2.39 bits per heavy atom. The van der Waals surface area contributed by atoms with Gasteiger partial charge >= 0.3 is 11.9 Å². The van der Waals surface area contributed by atoms with Crippen molar-refractivity contribution in [3.05, 3.63) is 64.2 Å². The van der Waals surface area contributed by atoms with Gasteiger partial charge < -0.3 is 10.2 Å². The van der Waals surface area contributed by atoms with Crippen LogP contribution in [-0.2, 0) is 22.4 Å². The Hall–Kier alpha value is -2.88. The number of carboxylic acids is 2. The second kappa shape index (κ2) is 5.72. The zero-order chi connectivity index (χ0) is 16.6. The average molecular weight is 308 g/mol. The molecule has 0 bridgehead atoms. The minimum atomic E-state index is -1.16. The summed E-state index contributed by atoms with van der Waals surface area (Å²) in [6.07, 6.45) is 4.48. The van der Waals surface area contributed by atoms with E-state index in [0.717, 1.165) is 29.9 Å². The third-order valence-corrected chi connectivity index (χ3v) is 4.21. The summed E-state index contributed by atoms with van der Waals surface area (Å²) in [6.45, 7) is 1.49. The molecule has 2 N–H and O–H groups in total. The van der Waals surface area contributed by atoms with Gasteiger partial charge in [0, 0.05) is 6.08 Å². The zero-order valence-electron chi connectivity index (χ0n) is 12.7. The summed E-state index contributed by atoms with van der Waals surface area (Å²) in [5, 5.41) is 20.5. The van der Waals surface area contributed by atoms with E-state index >= 15 is 0 Å². The van der Waals surface area contributed by atoms with Gasteiger partial charge in [0.05, 0.1) is 5.57 Å². The lowest BCUT2D eigenvalue weighted by atomic mass is 9.97. The lowest BCUT2D eigenvalue weighted by molar-refractivity contribution is -0.132. The Morgan fingerprint density at radius 1 is 1.04 bits per heavy atom. The maximum Gasteiger partial charge on any atom is 0.335 e. The fourth-order valence-electron chi connectivity index (χ4n) is 3.16. The first-order valence-corrected chi connectivity index (χ1v) is 7.37. The van der Waals surface area contributed by atoms with E-state index in [2.05, 4.69) is 6.07 Å². The van der Waals surface area contributed by atoms with Crippen LogP contribution in [0.1, 0.15) is 23.6 Å². The number of aryl methyl sites for hydroxylation is 2. The molecule has 0 radical (unpaired) electrons. The second-order valence-corrected chi connectivity index (χ2v) is 5.68. The minimum absolute atomic E-state index is 0.00824. The van der Waals surface area contributed by atoms with E-state index in [0.29, 0.717) is 0 Å². The molecule has 4 heteroatoms. The highest BCUT2D eigenvalue weighted by Crippen LogP contribution is 2.34. The lowest BCUT2D eigenvalue weighted by Gasteiger charge is -2.08. The first-order chi connectivity index (χ1) is 11.0. The van der Waals surface area contributed by atoms with Crippen molar-refractivity contribution >= 4 is 28.8 Å². The molecule has 0 unspecified atom stereocenters. The molecule has 1 aliphatic carbocycles. The summed E-state index contributed by atoms with van der Waals surface area (Å²) < 4.78 is 0. The Bertz CT molecular complexity index is 877. The third-order valence-electron chi connectivity index (χ3n) is 4.21. The van der Waals surface area contributed by atoms with Gasteiger partial charge in [0.25, 0.3) is 0 Å². The van der Waals surface area contributed by atoms with Crippen molar-refractivity contribution in [1.29, 1.82) is 0 Å². The molecule has 0 atom stereocenters. The molecule has 0 aliphatic heterocycles. The Kier molecular flexibility index (Phi) is 3.74. The quantitative estimate of drug-likeness (QED) is 0.670. The fraction of sp³-hybridized carbons (Fsp3) is 0.158. The molecule has 2 aromatic carbocycles. The predicted molar refractivity (Wildman–Crippen MR) is 88.4 cm³/mol. The van der Waals surface area contributed by atoms with Gasteiger partial charge in [-0.25, -0.2) is 9.59 Å². The molecule has 0 fully saturated rings. The van der Waals surface area contributed by atoms with Crippen molar-refractivity contribution in [2.75, 3.05) is 0 Å². The molecular weight excluding hydrogens is 292 g/mol. The van der Waals surface area contributed by atoms with Gasteiger partial charge in [-0.2, -0.15) is 0 Å². The molecule has 23 heavy (non-hydrogen) atoms. The van der Waals surface area contributed by atoms with Crippen molar-refractivity contribution in [1.82, 2.24) is 0 Å². The van der Waals surface area contributed by atoms with Gasteiger partial charge in [0.15, 0.2) is 0 Å². The summed E-state index contributed by atoms with van der Waals surface area (Å²) in [5.74, 6) is -2.29. The van der Waals surface area contributed by atoms with E-state index < -0.39 is 11.9 Å². The summed E-state index contributed by atoms with van der Waals surface area (Å²) in [4.78, 5) is 22.3. The normalized spacial score (nSPS) is 14.3. The third kappa shape index (κ3) is 2.75. The fourth-order valence-corrected chi connectivity index (χ4v) is 3.16. The number of hydrogen-bond donors (Lipinski definition) is 2. The Labute approximate surface area is 133 Å². The first kappa shape index (κ1) is 15.0. The minimum Gasteiger partial charge on any atom is -0.478 e. The number of carboxylic acid groups (broad SMARTS) is 2. The number of rotatable bonds is 4. The molecule has 4 nitrogen and oxygen atoms in total. The molecule has 3 rings (SSSR count). The Balaban J connectivity index is 2.20. The van der Waals surface area contributed by atoms with Crippen LogP contribution in [0.25, 0.3) is 16.8 Å². The van der Waals surface area contributed by atoms with Crippen LogP contribution in [0.5, 0.6) is 0 Å². The van der Waals surface area contributed by atoms with E-state index in [1.165, 1.54) is 23.4 Å². The number of carbonyl (C=O) groups is 2. The topological polar surface area (TPSA) is 74.6 Å². The van der Waals surface area contributed by atoms with Gasteiger partial charge in [-0.3, -0.25) is 0 Å². The smallest absolute Gasteiger partial charge is 0.335 e. The highest BCUT2D eigenvalue weighted by molar-refractivity contribution is 6.03. The van der Waals surface area contributed by atoms with Gasteiger partial charge in [0.2, 0.25) is 0 Å². The zero-order valence-corrected chi connectivity index (χ0v) is 12.7. The maximum absolute atomic E-state index is 11.5. The van der Waals surface area contributed by atoms with E-state index in [-0.39, 0.29) is 11.1 Å². The van der Waals surface area contributed by atoms with Crippen molar-refractivity contribution < 1.29 is 19.8 Å². The molecule has 1 aliphatic rings. The number of benzene rings is 2. The summed E-state index contributed by atoms with van der Waals surface area (Å²) in [6, 6.07) is 9.99. The van der Waals surface area contributed by atoms with Crippen molar-refractivity contribution in [2.24, 2.45) is 0 Å². The maximum atomic E-state index is 11.5. The van der Waals surface area contributed by atoms with Crippen molar-refractivity contribution in [3.63, 3.8) is 0 Å². The first-order valence-electron chi connectivity index (χ1n) is 7.37. The summed E-state index contributed by atoms with van der Waals surface area (Å²) in [5.41, 5.74) is 3.56. The predicted octanol–water partition coefficient (Wildman–Crippen LogP) is 3.44. The van der Waals surface area contributed by atoms with Gasteiger partial charge in [-0.1, -0.05) is 30.3 Å². The van der Waals surface area contributed by atoms with Crippen LogP contribution in [0.15, 0.2) is 47.6 Å². The highest BCUT2D eigenvalue weighted by Gasteiger charge is 2.17. The molecule has 0 amide bonds. The van der Waals surface area contributed by atoms with Gasteiger partial charge in [-0.05, 0) is 58.9 Å². The average Bonchev–Trinajstić information content (AvgIpc) is 2.90. The van der Waals surface area contributed by atoms with Crippen LogP contribution in [0.4, 0.5) is 0 Å². The SMILES string of the molecule is CC(=C/C(=O)O)/C(=C\c1ccc2c3c(cccc13)CC2)C(=O)O. The molecule has 0 spiro atoms. The molecule has 0 heterocycles. The van der Waals surface area contributed by atoms with Crippen LogP contribution >= 0.6 is 0 Å². The van der Waals surface area contributed by atoms with Crippen molar-refractivity contribution in [3.8, 4) is 0 Å². The summed E-state index contributed by atoms with van der Waals surface area (Å²) >= 11 is 0. The monoisotopic (exact) mass is 308 g/mol. The Morgan fingerprint density at radius 2 is 1.74 bits per heavy atom. The molecule has 0 saturated carbocycles. The van der Waals surface area contributed by atoms with Crippen LogP contribution < -0.4 is 0 Å². The number of hydrogen-bond acceptors (Lipinski definition) is 2. The molecule has 2 aromatic rings. The largest absolute Gasteiger partial charge is 0.478 e. The lowest BCUT2D eigenvalue weighted by Crippen LogP contribution is -2.04. The van der Waals surface area contributed by atoms with E-state index in [1.54, 1.807) is 6.08 Å². The second-order valence-electron chi connectivity index (χ2n) is 5.68. The van der Waals surface area contributed by atoms with Crippen LogP contribution in [0.2, 0.25) is 0 Å². The summed E-state index contributed by atoms with van der Waals surface area (Å²) in [7, 11) is 0. The van der Waals surface area contributed by atoms with Crippen LogP contribution in [-0.4, -0.2) is 22.2 Å². The molecule has 0 aromatic heterocycles. The van der Waals surface area contributed by atoms with Crippen molar-refractivity contribution in [2.45, 2.75) is 19.8 Å². The molecule has 116 valence electrons. The highest BCUT2D eigenvalue weighted by atomic mass is 16.4. The van der Waals surface area contributed by atoms with Gasteiger partial charge in [0.1, 0.15) is 0 Å². The van der Waals surface area contributed by atoms with E-state index in [1.807, 2.05) is 24.3 Å². The van der Waals surface area contributed by atoms with Crippen LogP contribution in [0.3, 0.4) is 0 Å². The van der Waals surface area contributed by atoms with Crippen LogP contribution in [0, 0.1) is 0 Å². The molecular formula is C19H16O4. The van der Waals surface area contributed by atoms with E-state index in [9.17, 15) is 14.7 Å². The standard InChI is InChI=1S/C19H16O4/c1-11(9-17(20)21)16(19(22)23)10-14-8-7-13-6-5-12-3-2-4-15(14)18(12)13/h2-4,7-10H,5-6H2,1H3,(H,20,21)(H,22,23)/b11-9-,16-10+.